The van der Waals surface area contributed by atoms with Crippen LogP contribution in [0.15, 0.2) is 18.2 Å². The normalized spacial score (nSPS) is 18.1. The zero-order valence-electron chi connectivity index (χ0n) is 12.7. The van der Waals surface area contributed by atoms with Crippen molar-refractivity contribution in [3.05, 3.63) is 28.8 Å². The first-order chi connectivity index (χ1) is 9.54. The fraction of sp³-hybridized carbons (Fsp3) is 0.625. The van der Waals surface area contributed by atoms with Crippen LogP contribution < -0.4 is 4.74 Å². The molecular formula is C16H25Cl2NO2. The predicted molar refractivity (Wildman–Crippen MR) is 89.8 cm³/mol. The maximum atomic E-state index is 10.1. The van der Waals surface area contributed by atoms with E-state index in [0.717, 1.165) is 35.3 Å². The molecule has 1 aliphatic rings. The molecular weight excluding hydrogens is 309 g/mol. The molecule has 0 aliphatic carbocycles. The maximum Gasteiger partial charge on any atom is 0.119 e. The molecule has 1 N–H and O–H groups in total. The second kappa shape index (κ2) is 8.84. The van der Waals surface area contributed by atoms with Crippen molar-refractivity contribution in [2.45, 2.75) is 32.8 Å². The summed E-state index contributed by atoms with van der Waals surface area (Å²) >= 11 is 5.97. The van der Waals surface area contributed by atoms with Gasteiger partial charge in [0.15, 0.2) is 0 Å². The van der Waals surface area contributed by atoms with Crippen LogP contribution >= 0.6 is 24.0 Å². The molecule has 5 heteroatoms. The Bertz CT molecular complexity index is 434. The van der Waals surface area contributed by atoms with Gasteiger partial charge in [0.1, 0.15) is 18.5 Å². The number of rotatable bonds is 5. The van der Waals surface area contributed by atoms with Gasteiger partial charge >= 0.3 is 0 Å². The topological polar surface area (TPSA) is 32.7 Å². The number of hydrogen-bond acceptors (Lipinski definition) is 3. The van der Waals surface area contributed by atoms with Gasteiger partial charge in [-0.05, 0) is 62.5 Å². The van der Waals surface area contributed by atoms with E-state index in [2.05, 4.69) is 11.8 Å². The molecule has 1 aliphatic heterocycles. The van der Waals surface area contributed by atoms with Crippen LogP contribution in [-0.4, -0.2) is 42.4 Å². The Balaban J connectivity index is 0.00000220. The molecule has 0 spiro atoms. The van der Waals surface area contributed by atoms with Crippen LogP contribution in [0.5, 0.6) is 5.75 Å². The highest BCUT2D eigenvalue weighted by atomic mass is 35.5. The molecule has 3 nitrogen and oxygen atoms in total. The summed E-state index contributed by atoms with van der Waals surface area (Å²) in [7, 11) is 0. The van der Waals surface area contributed by atoms with Crippen LogP contribution in [0.4, 0.5) is 0 Å². The van der Waals surface area contributed by atoms with E-state index >= 15 is 0 Å². The number of β-amino-alcohol motifs (C(OH)–C–C–N with tert-alkyl or cyclic N) is 1. The molecule has 1 atom stereocenters. The molecule has 120 valence electrons. The number of likely N-dealkylation sites (tertiary alicyclic amines) is 1. The molecule has 0 amide bonds. The Labute approximate surface area is 138 Å². The Morgan fingerprint density at radius 3 is 2.67 bits per heavy atom. The van der Waals surface area contributed by atoms with Gasteiger partial charge in [0.2, 0.25) is 0 Å². The number of hydrogen-bond donors (Lipinski definition) is 1. The van der Waals surface area contributed by atoms with Crippen molar-refractivity contribution in [3.8, 4) is 5.75 Å². The molecule has 1 saturated heterocycles. The predicted octanol–water partition coefficient (Wildman–Crippen LogP) is 3.54. The first-order valence-electron chi connectivity index (χ1n) is 7.34. The molecule has 0 saturated carbocycles. The maximum absolute atomic E-state index is 10.1. The second-order valence-electron chi connectivity index (χ2n) is 5.86. The summed E-state index contributed by atoms with van der Waals surface area (Å²) < 4.78 is 5.63. The Kier molecular flexibility index (Phi) is 7.82. The molecule has 21 heavy (non-hydrogen) atoms. The lowest BCUT2D eigenvalue weighted by Gasteiger charge is -2.31. The number of aliphatic hydroxyl groups is 1. The molecule has 1 unspecified atom stereocenters. The number of piperidine rings is 1. The first kappa shape index (κ1) is 18.6. The van der Waals surface area contributed by atoms with Gasteiger partial charge in [-0.1, -0.05) is 18.5 Å². The summed E-state index contributed by atoms with van der Waals surface area (Å²) in [6.45, 7) is 7.42. The third-order valence-corrected chi connectivity index (χ3v) is 4.34. The van der Waals surface area contributed by atoms with Crippen LogP contribution in [0.2, 0.25) is 5.02 Å². The molecule has 2 rings (SSSR count). The highest BCUT2D eigenvalue weighted by Crippen LogP contribution is 2.21. The van der Waals surface area contributed by atoms with Crippen LogP contribution in [0, 0.1) is 12.8 Å². The highest BCUT2D eigenvalue weighted by Gasteiger charge is 2.18. The minimum atomic E-state index is -0.445. The Morgan fingerprint density at radius 1 is 1.38 bits per heavy atom. The first-order valence-corrected chi connectivity index (χ1v) is 7.72. The summed E-state index contributed by atoms with van der Waals surface area (Å²) in [5.41, 5.74) is 0.990. The zero-order chi connectivity index (χ0) is 14.5. The quantitative estimate of drug-likeness (QED) is 0.894. The van der Waals surface area contributed by atoms with Gasteiger partial charge in [-0.3, -0.25) is 0 Å². The number of ether oxygens (including phenoxy) is 1. The lowest BCUT2D eigenvalue weighted by Crippen LogP contribution is -2.40. The van der Waals surface area contributed by atoms with E-state index in [1.807, 2.05) is 25.1 Å². The van der Waals surface area contributed by atoms with Crippen molar-refractivity contribution in [2.24, 2.45) is 5.92 Å². The summed E-state index contributed by atoms with van der Waals surface area (Å²) in [5, 5.41) is 10.8. The fourth-order valence-corrected chi connectivity index (χ4v) is 2.61. The Hall–Kier alpha value is -0.480. The van der Waals surface area contributed by atoms with Crippen LogP contribution in [0.1, 0.15) is 25.3 Å². The van der Waals surface area contributed by atoms with Gasteiger partial charge in [0, 0.05) is 11.6 Å². The molecule has 1 aromatic rings. The van der Waals surface area contributed by atoms with E-state index in [1.165, 1.54) is 12.8 Å². The van der Waals surface area contributed by atoms with Crippen molar-refractivity contribution in [2.75, 3.05) is 26.2 Å². The minimum Gasteiger partial charge on any atom is -0.491 e. The van der Waals surface area contributed by atoms with Crippen molar-refractivity contribution < 1.29 is 9.84 Å². The van der Waals surface area contributed by atoms with E-state index in [4.69, 9.17) is 16.3 Å². The second-order valence-corrected chi connectivity index (χ2v) is 6.27. The third kappa shape index (κ3) is 6.03. The van der Waals surface area contributed by atoms with E-state index in [-0.39, 0.29) is 12.4 Å². The van der Waals surface area contributed by atoms with Crippen LogP contribution in [0.3, 0.4) is 0 Å². The van der Waals surface area contributed by atoms with Crippen molar-refractivity contribution in [1.29, 1.82) is 0 Å². The largest absolute Gasteiger partial charge is 0.491 e. The van der Waals surface area contributed by atoms with Gasteiger partial charge in [0.05, 0.1) is 0 Å². The smallest absolute Gasteiger partial charge is 0.119 e. The lowest BCUT2D eigenvalue weighted by molar-refractivity contribution is 0.0563. The number of halogens is 2. The van der Waals surface area contributed by atoms with Gasteiger partial charge in [-0.25, -0.2) is 0 Å². The van der Waals surface area contributed by atoms with E-state index in [9.17, 15) is 5.11 Å². The standard InChI is InChI=1S/C16H24ClNO2.ClH/c1-12-5-7-18(8-6-12)10-14(19)11-20-15-3-4-16(17)13(2)9-15;/h3-4,9,12,14,19H,5-8,10-11H2,1-2H3;1H. The molecule has 0 aromatic heterocycles. The molecule has 1 aromatic carbocycles. The third-order valence-electron chi connectivity index (χ3n) is 3.92. The average Bonchev–Trinajstić information content (AvgIpc) is 2.43. The fourth-order valence-electron chi connectivity index (χ4n) is 2.49. The zero-order valence-corrected chi connectivity index (χ0v) is 14.3. The summed E-state index contributed by atoms with van der Waals surface area (Å²) in [6, 6.07) is 5.56. The Morgan fingerprint density at radius 2 is 2.05 bits per heavy atom. The van der Waals surface area contributed by atoms with E-state index in [1.54, 1.807) is 0 Å². The SMILES string of the molecule is Cc1cc(OCC(O)CN2CCC(C)CC2)ccc1Cl.Cl. The van der Waals surface area contributed by atoms with Gasteiger partial charge < -0.3 is 14.7 Å². The number of aliphatic hydroxyl groups excluding tert-OH is 1. The van der Waals surface area contributed by atoms with Crippen LogP contribution in [0.25, 0.3) is 0 Å². The number of benzene rings is 1. The van der Waals surface area contributed by atoms with Gasteiger partial charge in [0.25, 0.3) is 0 Å². The molecule has 0 bridgehead atoms. The number of nitrogens with zero attached hydrogens (tertiary/aromatic N) is 1. The van der Waals surface area contributed by atoms with Crippen molar-refractivity contribution in [3.63, 3.8) is 0 Å². The summed E-state index contributed by atoms with van der Waals surface area (Å²) in [6.07, 6.45) is 2.01. The average molecular weight is 334 g/mol. The highest BCUT2D eigenvalue weighted by molar-refractivity contribution is 6.31. The molecule has 1 heterocycles. The number of aryl methyl sites for hydroxylation is 1. The van der Waals surface area contributed by atoms with E-state index < -0.39 is 6.10 Å². The monoisotopic (exact) mass is 333 g/mol. The van der Waals surface area contributed by atoms with Gasteiger partial charge in [-0.15, -0.1) is 12.4 Å². The molecule has 0 radical (unpaired) electrons. The summed E-state index contributed by atoms with van der Waals surface area (Å²) in [4.78, 5) is 2.32. The minimum absolute atomic E-state index is 0. The lowest BCUT2D eigenvalue weighted by atomic mass is 9.99. The van der Waals surface area contributed by atoms with Crippen molar-refractivity contribution >= 4 is 24.0 Å². The summed E-state index contributed by atoms with van der Waals surface area (Å²) in [5.74, 6) is 1.58. The van der Waals surface area contributed by atoms with Gasteiger partial charge in [-0.2, -0.15) is 0 Å². The van der Waals surface area contributed by atoms with Crippen molar-refractivity contribution in [1.82, 2.24) is 4.90 Å². The van der Waals surface area contributed by atoms with E-state index in [0.29, 0.717) is 13.2 Å². The molecule has 1 fully saturated rings. The van der Waals surface area contributed by atoms with Crippen LogP contribution in [-0.2, 0) is 0 Å².